The van der Waals surface area contributed by atoms with Crippen molar-refractivity contribution < 1.29 is 24.1 Å². The van der Waals surface area contributed by atoms with Crippen LogP contribution in [0, 0.1) is 5.92 Å². The molecule has 5 heteroatoms. The fourth-order valence-corrected chi connectivity index (χ4v) is 3.26. The van der Waals surface area contributed by atoms with E-state index in [-0.39, 0.29) is 37.5 Å². The number of hydrogen-bond donors (Lipinski definition) is 1. The summed E-state index contributed by atoms with van der Waals surface area (Å²) in [6, 6.07) is 0. The average molecular weight is 314 g/mol. The molecule has 1 aliphatic heterocycles. The van der Waals surface area contributed by atoms with E-state index in [1.54, 1.807) is 0 Å². The molecule has 1 saturated heterocycles. The van der Waals surface area contributed by atoms with Crippen LogP contribution in [-0.4, -0.2) is 41.8 Å². The van der Waals surface area contributed by atoms with Gasteiger partial charge in [-0.25, -0.2) is 0 Å². The van der Waals surface area contributed by atoms with Crippen molar-refractivity contribution >= 4 is 5.97 Å². The molecule has 0 aromatic heterocycles. The van der Waals surface area contributed by atoms with Crippen LogP contribution in [-0.2, 0) is 19.0 Å². The van der Waals surface area contributed by atoms with E-state index in [0.717, 1.165) is 12.8 Å². The summed E-state index contributed by atoms with van der Waals surface area (Å²) in [6.45, 7) is 5.54. The quantitative estimate of drug-likeness (QED) is 0.808. The zero-order valence-corrected chi connectivity index (χ0v) is 14.0. The lowest BCUT2D eigenvalue weighted by molar-refractivity contribution is -0.272. The molecule has 22 heavy (non-hydrogen) atoms. The van der Waals surface area contributed by atoms with Crippen LogP contribution in [0.2, 0.25) is 0 Å². The van der Waals surface area contributed by atoms with Crippen molar-refractivity contribution in [1.29, 1.82) is 0 Å². The van der Waals surface area contributed by atoms with Crippen LogP contribution in [0.25, 0.3) is 0 Å². The van der Waals surface area contributed by atoms with Gasteiger partial charge in [0.1, 0.15) is 5.60 Å². The molecule has 5 nitrogen and oxygen atoms in total. The molecule has 2 aliphatic rings. The molecular weight excluding hydrogens is 284 g/mol. The van der Waals surface area contributed by atoms with Crippen LogP contribution in [0.4, 0.5) is 0 Å². The van der Waals surface area contributed by atoms with Gasteiger partial charge in [-0.05, 0) is 33.6 Å². The molecule has 2 rings (SSSR count). The van der Waals surface area contributed by atoms with Gasteiger partial charge in [-0.3, -0.25) is 4.79 Å². The van der Waals surface area contributed by atoms with Crippen molar-refractivity contribution in [3.63, 3.8) is 0 Å². The molecule has 1 aliphatic carbocycles. The normalized spacial score (nSPS) is 31.0. The number of rotatable bonds is 4. The van der Waals surface area contributed by atoms with E-state index in [4.69, 9.17) is 14.2 Å². The van der Waals surface area contributed by atoms with Gasteiger partial charge in [0.15, 0.2) is 6.29 Å². The molecule has 0 aromatic carbocycles. The molecule has 0 bridgehead atoms. The van der Waals surface area contributed by atoms with Crippen molar-refractivity contribution in [2.75, 3.05) is 6.61 Å². The lowest BCUT2D eigenvalue weighted by Gasteiger charge is -2.40. The Morgan fingerprint density at radius 2 is 1.77 bits per heavy atom. The van der Waals surface area contributed by atoms with Crippen LogP contribution in [0.1, 0.15) is 65.7 Å². The zero-order chi connectivity index (χ0) is 16.2. The summed E-state index contributed by atoms with van der Waals surface area (Å²) >= 11 is 0. The predicted octanol–water partition coefficient (Wildman–Crippen LogP) is 2.79. The molecule has 1 heterocycles. The Balaban J connectivity index is 1.91. The Morgan fingerprint density at radius 1 is 1.14 bits per heavy atom. The van der Waals surface area contributed by atoms with Gasteiger partial charge in [0.05, 0.1) is 25.2 Å². The first kappa shape index (κ1) is 17.7. The van der Waals surface area contributed by atoms with E-state index < -0.39 is 5.60 Å². The van der Waals surface area contributed by atoms with Crippen molar-refractivity contribution in [2.45, 2.75) is 89.8 Å². The van der Waals surface area contributed by atoms with Crippen molar-refractivity contribution in [3.8, 4) is 0 Å². The highest BCUT2D eigenvalue weighted by Gasteiger charge is 2.36. The minimum absolute atomic E-state index is 0.0304. The lowest BCUT2D eigenvalue weighted by Crippen LogP contribution is -2.45. The van der Waals surface area contributed by atoms with Crippen molar-refractivity contribution in [2.24, 2.45) is 5.92 Å². The molecule has 1 unspecified atom stereocenters. The van der Waals surface area contributed by atoms with Gasteiger partial charge in [0, 0.05) is 12.3 Å². The van der Waals surface area contributed by atoms with Gasteiger partial charge in [-0.2, -0.15) is 0 Å². The van der Waals surface area contributed by atoms with Crippen molar-refractivity contribution in [3.05, 3.63) is 0 Å². The molecule has 3 atom stereocenters. The second kappa shape index (κ2) is 7.75. The molecule has 1 N–H and O–H groups in total. The first-order valence-electron chi connectivity index (χ1n) is 8.51. The van der Waals surface area contributed by atoms with Gasteiger partial charge >= 0.3 is 5.97 Å². The highest BCUT2D eigenvalue weighted by atomic mass is 16.7. The maximum atomic E-state index is 12.0. The maximum Gasteiger partial charge on any atom is 0.308 e. The van der Waals surface area contributed by atoms with Gasteiger partial charge in [0.25, 0.3) is 0 Å². The highest BCUT2D eigenvalue weighted by Crippen LogP contribution is 2.33. The predicted molar refractivity (Wildman–Crippen MR) is 82.3 cm³/mol. The Bertz CT molecular complexity index is 357. The second-order valence-electron chi connectivity index (χ2n) is 7.49. The van der Waals surface area contributed by atoms with Crippen LogP contribution < -0.4 is 0 Å². The van der Waals surface area contributed by atoms with Gasteiger partial charge in [-0.15, -0.1) is 0 Å². The largest absolute Gasteiger partial charge is 0.460 e. The number of aliphatic hydroxyl groups excluding tert-OH is 1. The third-order valence-electron chi connectivity index (χ3n) is 4.23. The topological polar surface area (TPSA) is 65.0 Å². The Kier molecular flexibility index (Phi) is 6.24. The molecule has 1 saturated carbocycles. The van der Waals surface area contributed by atoms with Gasteiger partial charge in [0.2, 0.25) is 0 Å². The minimum atomic E-state index is -0.485. The highest BCUT2D eigenvalue weighted by molar-refractivity contribution is 5.70. The summed E-state index contributed by atoms with van der Waals surface area (Å²) in [5, 5.41) is 9.45. The average Bonchev–Trinajstić information content (AvgIpc) is 2.45. The summed E-state index contributed by atoms with van der Waals surface area (Å²) in [5.41, 5.74) is -0.485. The number of carbonyl (C=O) groups is 1. The number of hydrogen-bond acceptors (Lipinski definition) is 5. The second-order valence-corrected chi connectivity index (χ2v) is 7.49. The fraction of sp³-hybridized carbons (Fsp3) is 0.941. The Labute approximate surface area is 133 Å². The van der Waals surface area contributed by atoms with E-state index in [2.05, 4.69) is 0 Å². The summed E-state index contributed by atoms with van der Waals surface area (Å²) in [4.78, 5) is 12.0. The molecule has 0 aromatic rings. The fourth-order valence-electron chi connectivity index (χ4n) is 3.26. The third kappa shape index (κ3) is 5.52. The number of ether oxygens (including phenoxy) is 3. The molecular formula is C17H30O5. The smallest absolute Gasteiger partial charge is 0.308 e. The number of esters is 1. The standard InChI is InChI=1S/C17H30O5/c1-17(2,3)22-15(19)10-13-9-14(11-18)21-16(20-13)12-7-5-4-6-8-12/h12-14,16,18H,4-11H2,1-3H3/t13-,14+,16?/m1/s1. The molecule has 128 valence electrons. The minimum Gasteiger partial charge on any atom is -0.460 e. The van der Waals surface area contributed by atoms with Crippen LogP contribution >= 0.6 is 0 Å². The van der Waals surface area contributed by atoms with E-state index in [0.29, 0.717) is 12.3 Å². The van der Waals surface area contributed by atoms with E-state index in [1.807, 2.05) is 20.8 Å². The molecule has 0 spiro atoms. The van der Waals surface area contributed by atoms with Crippen molar-refractivity contribution in [1.82, 2.24) is 0 Å². The molecule has 0 amide bonds. The van der Waals surface area contributed by atoms with Gasteiger partial charge in [-0.1, -0.05) is 19.3 Å². The summed E-state index contributed by atoms with van der Waals surface area (Å²) in [5.74, 6) is 0.128. The van der Waals surface area contributed by atoms with Crippen LogP contribution in [0.5, 0.6) is 0 Å². The SMILES string of the molecule is CC(C)(C)OC(=O)C[C@H]1C[C@@H](CO)OC(C2CCCCC2)O1. The van der Waals surface area contributed by atoms with Gasteiger partial charge < -0.3 is 19.3 Å². The lowest BCUT2D eigenvalue weighted by atomic mass is 9.88. The van der Waals surface area contributed by atoms with E-state index in [9.17, 15) is 9.90 Å². The third-order valence-corrected chi connectivity index (χ3v) is 4.23. The summed E-state index contributed by atoms with van der Waals surface area (Å²) < 4.78 is 17.2. The maximum absolute atomic E-state index is 12.0. The Morgan fingerprint density at radius 3 is 2.36 bits per heavy atom. The first-order chi connectivity index (χ1) is 10.4. The monoisotopic (exact) mass is 314 g/mol. The van der Waals surface area contributed by atoms with Crippen LogP contribution in [0.3, 0.4) is 0 Å². The van der Waals surface area contributed by atoms with E-state index >= 15 is 0 Å². The molecule has 0 radical (unpaired) electrons. The zero-order valence-electron chi connectivity index (χ0n) is 14.0. The van der Waals surface area contributed by atoms with Crippen LogP contribution in [0.15, 0.2) is 0 Å². The first-order valence-corrected chi connectivity index (χ1v) is 8.51. The van der Waals surface area contributed by atoms with E-state index in [1.165, 1.54) is 19.3 Å². The summed E-state index contributed by atoms with van der Waals surface area (Å²) in [7, 11) is 0. The Hall–Kier alpha value is -0.650. The number of aliphatic hydroxyl groups is 1. The molecule has 2 fully saturated rings. The number of carbonyl (C=O) groups excluding carboxylic acids is 1. The summed E-state index contributed by atoms with van der Waals surface area (Å²) in [6.07, 6.45) is 5.87.